The molecule has 4 aromatic rings. The third kappa shape index (κ3) is 3.55. The van der Waals surface area contributed by atoms with E-state index in [0.29, 0.717) is 29.1 Å². The molecule has 0 aliphatic heterocycles. The minimum absolute atomic E-state index is 0.0841. The Morgan fingerprint density at radius 1 is 0.885 bits per heavy atom. The molecule has 0 aliphatic carbocycles. The molecule has 0 radical (unpaired) electrons. The Morgan fingerprint density at radius 2 is 1.65 bits per heavy atom. The molecule has 0 amide bonds. The van der Waals surface area contributed by atoms with E-state index in [1.807, 2.05) is 60.7 Å². The van der Waals surface area contributed by atoms with Crippen molar-refractivity contribution in [1.82, 2.24) is 0 Å². The third-order valence-electron chi connectivity index (χ3n) is 4.08. The van der Waals surface area contributed by atoms with Crippen molar-refractivity contribution in [2.45, 2.75) is 6.61 Å². The normalized spacial score (nSPS) is 10.8. The largest absolute Gasteiger partial charge is 0.489 e. The average Bonchev–Trinajstić information content (AvgIpc) is 2.68. The SMILES string of the molecule is O=c1cc(-c2ccccc2)oc2ccc(OCc3ccc(Br)cc3)cc12. The van der Waals surface area contributed by atoms with Crippen molar-refractivity contribution in [2.75, 3.05) is 0 Å². The number of hydrogen-bond acceptors (Lipinski definition) is 3. The maximum atomic E-state index is 12.5. The molecular formula is C22H15BrO3. The molecule has 3 nitrogen and oxygen atoms in total. The van der Waals surface area contributed by atoms with E-state index in [1.165, 1.54) is 6.07 Å². The van der Waals surface area contributed by atoms with Crippen LogP contribution in [0.5, 0.6) is 5.75 Å². The third-order valence-corrected chi connectivity index (χ3v) is 4.60. The quantitative estimate of drug-likeness (QED) is 0.429. The Hall–Kier alpha value is -2.85. The van der Waals surface area contributed by atoms with E-state index in [4.69, 9.17) is 9.15 Å². The summed E-state index contributed by atoms with van der Waals surface area (Å²) in [4.78, 5) is 12.5. The van der Waals surface area contributed by atoms with Gasteiger partial charge in [0.25, 0.3) is 0 Å². The molecule has 26 heavy (non-hydrogen) atoms. The van der Waals surface area contributed by atoms with Crippen LogP contribution in [-0.4, -0.2) is 0 Å². The lowest BCUT2D eigenvalue weighted by Gasteiger charge is -2.08. The average molecular weight is 407 g/mol. The standard InChI is InChI=1S/C22H15BrO3/c23-17-8-6-15(7-9-17)14-25-18-10-11-21-19(12-18)20(24)13-22(26-21)16-4-2-1-3-5-16/h1-13H,14H2. The summed E-state index contributed by atoms with van der Waals surface area (Å²) in [7, 11) is 0. The van der Waals surface area contributed by atoms with Crippen LogP contribution in [0.25, 0.3) is 22.3 Å². The van der Waals surface area contributed by atoms with E-state index in [-0.39, 0.29) is 5.43 Å². The van der Waals surface area contributed by atoms with Gasteiger partial charge in [0.2, 0.25) is 0 Å². The first-order valence-electron chi connectivity index (χ1n) is 8.20. The van der Waals surface area contributed by atoms with Gasteiger partial charge in [-0.05, 0) is 35.9 Å². The molecular weight excluding hydrogens is 392 g/mol. The Bertz CT molecular complexity index is 1100. The van der Waals surface area contributed by atoms with Gasteiger partial charge in [-0.1, -0.05) is 58.4 Å². The fourth-order valence-corrected chi connectivity index (χ4v) is 2.98. The minimum Gasteiger partial charge on any atom is -0.489 e. The van der Waals surface area contributed by atoms with Gasteiger partial charge < -0.3 is 9.15 Å². The zero-order valence-electron chi connectivity index (χ0n) is 13.8. The predicted octanol–water partition coefficient (Wildman–Crippen LogP) is 5.80. The second-order valence-electron chi connectivity index (χ2n) is 5.91. The summed E-state index contributed by atoms with van der Waals surface area (Å²) < 4.78 is 12.7. The molecule has 0 saturated heterocycles. The zero-order valence-corrected chi connectivity index (χ0v) is 15.4. The van der Waals surface area contributed by atoms with Crippen molar-refractivity contribution in [2.24, 2.45) is 0 Å². The van der Waals surface area contributed by atoms with Crippen molar-refractivity contribution < 1.29 is 9.15 Å². The van der Waals surface area contributed by atoms with Crippen LogP contribution in [0.1, 0.15) is 5.56 Å². The Morgan fingerprint density at radius 3 is 2.42 bits per heavy atom. The summed E-state index contributed by atoms with van der Waals surface area (Å²) in [5, 5.41) is 0.512. The number of halogens is 1. The molecule has 3 aromatic carbocycles. The van der Waals surface area contributed by atoms with Gasteiger partial charge in [0, 0.05) is 16.1 Å². The molecule has 0 N–H and O–H groups in total. The van der Waals surface area contributed by atoms with Gasteiger partial charge in [-0.25, -0.2) is 0 Å². The first kappa shape index (κ1) is 16.6. The smallest absolute Gasteiger partial charge is 0.193 e. The van der Waals surface area contributed by atoms with Crippen LogP contribution in [0.15, 0.2) is 92.5 Å². The number of hydrogen-bond donors (Lipinski definition) is 0. The molecule has 1 aromatic heterocycles. The van der Waals surface area contributed by atoms with Gasteiger partial charge in [0.15, 0.2) is 5.43 Å². The van der Waals surface area contributed by atoms with E-state index in [1.54, 1.807) is 12.1 Å². The van der Waals surface area contributed by atoms with Gasteiger partial charge in [0.1, 0.15) is 23.7 Å². The maximum absolute atomic E-state index is 12.5. The van der Waals surface area contributed by atoms with Crippen LogP contribution in [0.4, 0.5) is 0 Å². The van der Waals surface area contributed by atoms with Crippen LogP contribution < -0.4 is 10.2 Å². The summed E-state index contributed by atoms with van der Waals surface area (Å²) in [6.45, 7) is 0.437. The van der Waals surface area contributed by atoms with Crippen LogP contribution in [0.2, 0.25) is 0 Å². The second-order valence-corrected chi connectivity index (χ2v) is 6.83. The Labute approximate surface area is 159 Å². The van der Waals surface area contributed by atoms with Gasteiger partial charge in [-0.2, -0.15) is 0 Å². The summed E-state index contributed by atoms with van der Waals surface area (Å²) in [5.41, 5.74) is 2.40. The predicted molar refractivity (Wildman–Crippen MR) is 106 cm³/mol. The van der Waals surface area contributed by atoms with Gasteiger partial charge in [-0.3, -0.25) is 4.79 Å². The lowest BCUT2D eigenvalue weighted by atomic mass is 10.1. The zero-order chi connectivity index (χ0) is 17.9. The number of benzene rings is 3. The number of fused-ring (bicyclic) bond motifs is 1. The van der Waals surface area contributed by atoms with Crippen molar-refractivity contribution in [1.29, 1.82) is 0 Å². The fraction of sp³-hybridized carbons (Fsp3) is 0.0455. The highest BCUT2D eigenvalue weighted by molar-refractivity contribution is 9.10. The van der Waals surface area contributed by atoms with Crippen molar-refractivity contribution in [3.05, 3.63) is 99.1 Å². The first-order valence-corrected chi connectivity index (χ1v) is 8.99. The fourth-order valence-electron chi connectivity index (χ4n) is 2.72. The monoisotopic (exact) mass is 406 g/mol. The van der Waals surface area contributed by atoms with Gasteiger partial charge in [0.05, 0.1) is 5.39 Å². The van der Waals surface area contributed by atoms with Gasteiger partial charge in [-0.15, -0.1) is 0 Å². The van der Waals surface area contributed by atoms with E-state index in [2.05, 4.69) is 15.9 Å². The highest BCUT2D eigenvalue weighted by Crippen LogP contribution is 2.25. The lowest BCUT2D eigenvalue weighted by Crippen LogP contribution is -2.01. The van der Waals surface area contributed by atoms with E-state index < -0.39 is 0 Å². The Kier molecular flexibility index (Phi) is 4.59. The summed E-state index contributed by atoms with van der Waals surface area (Å²) >= 11 is 3.41. The molecule has 0 unspecified atom stereocenters. The van der Waals surface area contributed by atoms with Crippen LogP contribution in [0, 0.1) is 0 Å². The molecule has 4 heteroatoms. The minimum atomic E-state index is -0.0841. The molecule has 0 atom stereocenters. The summed E-state index contributed by atoms with van der Waals surface area (Å²) in [6, 6.07) is 24.4. The molecule has 0 bridgehead atoms. The van der Waals surface area contributed by atoms with E-state index >= 15 is 0 Å². The molecule has 128 valence electrons. The van der Waals surface area contributed by atoms with E-state index in [9.17, 15) is 4.79 Å². The number of rotatable bonds is 4. The maximum Gasteiger partial charge on any atom is 0.193 e. The molecule has 0 fully saturated rings. The van der Waals surface area contributed by atoms with E-state index in [0.717, 1.165) is 15.6 Å². The second kappa shape index (κ2) is 7.18. The highest BCUT2D eigenvalue weighted by Gasteiger charge is 2.08. The van der Waals surface area contributed by atoms with Gasteiger partial charge >= 0.3 is 0 Å². The molecule has 1 heterocycles. The molecule has 0 aliphatic rings. The number of ether oxygens (including phenoxy) is 1. The summed E-state index contributed by atoms with van der Waals surface area (Å²) in [6.07, 6.45) is 0. The lowest BCUT2D eigenvalue weighted by molar-refractivity contribution is 0.306. The van der Waals surface area contributed by atoms with Crippen molar-refractivity contribution in [3.63, 3.8) is 0 Å². The summed E-state index contributed by atoms with van der Waals surface area (Å²) in [5.74, 6) is 1.20. The van der Waals surface area contributed by atoms with Crippen molar-refractivity contribution >= 4 is 26.9 Å². The topological polar surface area (TPSA) is 39.4 Å². The highest BCUT2D eigenvalue weighted by atomic mass is 79.9. The van der Waals surface area contributed by atoms with Crippen LogP contribution in [-0.2, 0) is 6.61 Å². The van der Waals surface area contributed by atoms with Crippen LogP contribution >= 0.6 is 15.9 Å². The Balaban J connectivity index is 1.62. The first-order chi connectivity index (χ1) is 12.7. The van der Waals surface area contributed by atoms with Crippen molar-refractivity contribution in [3.8, 4) is 17.1 Å². The molecule has 4 rings (SSSR count). The molecule has 0 saturated carbocycles. The van der Waals surface area contributed by atoms with Crippen LogP contribution in [0.3, 0.4) is 0 Å². The molecule has 0 spiro atoms.